The lowest BCUT2D eigenvalue weighted by Gasteiger charge is -2.24. The molecule has 3 rings (SSSR count). The quantitative estimate of drug-likeness (QED) is 0.443. The molecule has 2 heterocycles. The van der Waals surface area contributed by atoms with Crippen LogP contribution in [0.2, 0.25) is 0 Å². The number of allylic oxidation sites excluding steroid dienone is 1. The largest absolute Gasteiger partial charge is 0.345 e. The van der Waals surface area contributed by atoms with Crippen LogP contribution in [0.15, 0.2) is 55.6 Å². The van der Waals surface area contributed by atoms with Crippen LogP contribution in [0.4, 0.5) is 0 Å². The lowest BCUT2D eigenvalue weighted by Crippen LogP contribution is -2.29. The van der Waals surface area contributed by atoms with Crippen molar-refractivity contribution in [2.45, 2.75) is 33.4 Å². The van der Waals surface area contributed by atoms with Crippen LogP contribution in [0, 0.1) is 13.8 Å². The Labute approximate surface area is 166 Å². The molecule has 0 fully saturated rings. The number of likely N-dealkylation sites (N-methyl/N-ethyl adjacent to an activating group) is 1. The number of hydrogen-bond donors (Lipinski definition) is 0. The number of aromatic nitrogens is 4. The summed E-state index contributed by atoms with van der Waals surface area (Å²) in [5.74, 6) is 0.136. The molecule has 0 radical (unpaired) electrons. The van der Waals surface area contributed by atoms with E-state index in [0.717, 1.165) is 34.7 Å². The van der Waals surface area contributed by atoms with Gasteiger partial charge in [-0.3, -0.25) is 9.69 Å². The standard InChI is InChI=1S/C22H27N5O/c1-6-11-26-16(2)12-21(18(26)4)22(28)13-25(5)17(3)19-7-9-20(10-8-19)27-15-23-14-24-27/h6-10,12,14-15,17H,1,11,13H2,2-5H3. The predicted molar refractivity (Wildman–Crippen MR) is 111 cm³/mol. The van der Waals surface area contributed by atoms with E-state index in [1.165, 1.54) is 6.33 Å². The van der Waals surface area contributed by atoms with E-state index in [0.29, 0.717) is 6.54 Å². The molecular weight excluding hydrogens is 350 g/mol. The molecule has 6 heteroatoms. The van der Waals surface area contributed by atoms with Crippen molar-refractivity contribution in [3.05, 3.63) is 78.2 Å². The molecule has 0 aliphatic carbocycles. The van der Waals surface area contributed by atoms with Crippen molar-refractivity contribution < 1.29 is 4.79 Å². The topological polar surface area (TPSA) is 56.0 Å². The summed E-state index contributed by atoms with van der Waals surface area (Å²) in [6, 6.07) is 10.3. The van der Waals surface area contributed by atoms with Gasteiger partial charge in [0.05, 0.1) is 12.2 Å². The first-order chi connectivity index (χ1) is 13.4. The second-order valence-electron chi connectivity index (χ2n) is 7.13. The van der Waals surface area contributed by atoms with Gasteiger partial charge in [0.2, 0.25) is 0 Å². The molecule has 0 N–H and O–H groups in total. The Morgan fingerprint density at radius 3 is 2.61 bits per heavy atom. The second-order valence-corrected chi connectivity index (χ2v) is 7.13. The van der Waals surface area contributed by atoms with Crippen molar-refractivity contribution in [2.24, 2.45) is 0 Å². The van der Waals surface area contributed by atoms with Crippen LogP contribution in [0.5, 0.6) is 0 Å². The fourth-order valence-electron chi connectivity index (χ4n) is 3.44. The monoisotopic (exact) mass is 377 g/mol. The van der Waals surface area contributed by atoms with Crippen molar-refractivity contribution in [3.63, 3.8) is 0 Å². The third-order valence-corrected chi connectivity index (χ3v) is 5.30. The average molecular weight is 377 g/mol. The Balaban J connectivity index is 1.70. The lowest BCUT2D eigenvalue weighted by molar-refractivity contribution is 0.0924. The molecule has 0 saturated heterocycles. The van der Waals surface area contributed by atoms with Gasteiger partial charge in [-0.05, 0) is 51.6 Å². The molecule has 6 nitrogen and oxygen atoms in total. The van der Waals surface area contributed by atoms with E-state index in [9.17, 15) is 4.79 Å². The SMILES string of the molecule is C=CCn1c(C)cc(C(=O)CN(C)C(C)c2ccc(-n3cncn3)cc2)c1C. The van der Waals surface area contributed by atoms with Gasteiger partial charge in [-0.2, -0.15) is 5.10 Å². The summed E-state index contributed by atoms with van der Waals surface area (Å²) in [7, 11) is 1.98. The minimum absolute atomic E-state index is 0.116. The van der Waals surface area contributed by atoms with Crippen LogP contribution in [-0.4, -0.2) is 43.6 Å². The Hall–Kier alpha value is -2.99. The molecule has 0 bridgehead atoms. The van der Waals surface area contributed by atoms with E-state index in [1.54, 1.807) is 11.0 Å². The summed E-state index contributed by atoms with van der Waals surface area (Å²) in [6.07, 6.45) is 5.04. The van der Waals surface area contributed by atoms with Gasteiger partial charge in [0.25, 0.3) is 0 Å². The fourth-order valence-corrected chi connectivity index (χ4v) is 3.44. The van der Waals surface area contributed by atoms with Crippen LogP contribution in [-0.2, 0) is 6.54 Å². The van der Waals surface area contributed by atoms with Gasteiger partial charge < -0.3 is 4.57 Å². The van der Waals surface area contributed by atoms with Crippen molar-refractivity contribution in [2.75, 3.05) is 13.6 Å². The molecule has 146 valence electrons. The van der Waals surface area contributed by atoms with Gasteiger partial charge in [-0.25, -0.2) is 9.67 Å². The number of nitrogens with zero attached hydrogens (tertiary/aromatic N) is 5. The van der Waals surface area contributed by atoms with Gasteiger partial charge in [-0.1, -0.05) is 18.2 Å². The first kappa shape index (κ1) is 19.8. The molecule has 1 unspecified atom stereocenters. The summed E-state index contributed by atoms with van der Waals surface area (Å²) in [6.45, 7) is 11.0. The van der Waals surface area contributed by atoms with E-state index in [4.69, 9.17) is 0 Å². The van der Waals surface area contributed by atoms with Crippen LogP contribution in [0.25, 0.3) is 5.69 Å². The number of carbonyl (C=O) groups excluding carboxylic acids is 1. The van der Waals surface area contributed by atoms with Crippen LogP contribution < -0.4 is 0 Å². The summed E-state index contributed by atoms with van der Waals surface area (Å²) in [4.78, 5) is 18.9. The molecule has 1 aromatic carbocycles. The first-order valence-electron chi connectivity index (χ1n) is 9.38. The van der Waals surface area contributed by atoms with E-state index in [1.807, 2.05) is 45.2 Å². The Kier molecular flexibility index (Phi) is 5.90. The maximum atomic E-state index is 12.9. The second kappa shape index (κ2) is 8.35. The van der Waals surface area contributed by atoms with Crippen molar-refractivity contribution in [3.8, 4) is 5.69 Å². The highest BCUT2D eigenvalue weighted by Gasteiger charge is 2.20. The normalized spacial score (nSPS) is 12.3. The highest BCUT2D eigenvalue weighted by Crippen LogP contribution is 2.22. The van der Waals surface area contributed by atoms with Crippen LogP contribution >= 0.6 is 0 Å². The zero-order valence-corrected chi connectivity index (χ0v) is 17.0. The molecular formula is C22H27N5O. The molecule has 0 spiro atoms. The van der Waals surface area contributed by atoms with E-state index in [-0.39, 0.29) is 11.8 Å². The summed E-state index contributed by atoms with van der Waals surface area (Å²) >= 11 is 0. The van der Waals surface area contributed by atoms with E-state index < -0.39 is 0 Å². The summed E-state index contributed by atoms with van der Waals surface area (Å²) in [5.41, 5.74) is 4.99. The summed E-state index contributed by atoms with van der Waals surface area (Å²) in [5, 5.41) is 4.14. The molecule has 0 amide bonds. The Morgan fingerprint density at radius 2 is 2.00 bits per heavy atom. The number of rotatable bonds is 8. The van der Waals surface area contributed by atoms with Crippen molar-refractivity contribution >= 4 is 5.78 Å². The highest BCUT2D eigenvalue weighted by molar-refractivity contribution is 5.99. The zero-order valence-electron chi connectivity index (χ0n) is 17.0. The number of benzene rings is 1. The van der Waals surface area contributed by atoms with E-state index in [2.05, 4.69) is 45.2 Å². The number of aryl methyl sites for hydroxylation is 1. The predicted octanol–water partition coefficient (Wildman–Crippen LogP) is 3.75. The Morgan fingerprint density at radius 1 is 1.29 bits per heavy atom. The van der Waals surface area contributed by atoms with Gasteiger partial charge in [0.1, 0.15) is 12.7 Å². The molecule has 0 saturated carbocycles. The zero-order chi connectivity index (χ0) is 20.3. The lowest BCUT2D eigenvalue weighted by atomic mass is 10.1. The minimum atomic E-state index is 0.116. The molecule has 28 heavy (non-hydrogen) atoms. The smallest absolute Gasteiger partial charge is 0.178 e. The van der Waals surface area contributed by atoms with Gasteiger partial charge in [-0.15, -0.1) is 6.58 Å². The van der Waals surface area contributed by atoms with Gasteiger partial charge in [0.15, 0.2) is 5.78 Å². The van der Waals surface area contributed by atoms with Crippen molar-refractivity contribution in [1.82, 2.24) is 24.2 Å². The van der Waals surface area contributed by atoms with Crippen molar-refractivity contribution in [1.29, 1.82) is 0 Å². The van der Waals surface area contributed by atoms with E-state index >= 15 is 0 Å². The van der Waals surface area contributed by atoms with Crippen LogP contribution in [0.1, 0.15) is 40.3 Å². The average Bonchev–Trinajstić information content (AvgIpc) is 3.32. The third-order valence-electron chi connectivity index (χ3n) is 5.30. The molecule has 0 aliphatic heterocycles. The molecule has 2 aromatic heterocycles. The first-order valence-corrected chi connectivity index (χ1v) is 9.38. The highest BCUT2D eigenvalue weighted by atomic mass is 16.1. The molecule has 3 aromatic rings. The number of hydrogen-bond acceptors (Lipinski definition) is 4. The van der Waals surface area contributed by atoms with Gasteiger partial charge in [0, 0.05) is 29.5 Å². The molecule has 1 atom stereocenters. The summed E-state index contributed by atoms with van der Waals surface area (Å²) < 4.78 is 3.84. The fraction of sp³-hybridized carbons (Fsp3) is 0.318. The maximum absolute atomic E-state index is 12.9. The maximum Gasteiger partial charge on any atom is 0.178 e. The molecule has 0 aliphatic rings. The van der Waals surface area contributed by atoms with Gasteiger partial charge >= 0.3 is 0 Å². The third kappa shape index (κ3) is 3.97. The Bertz CT molecular complexity index is 954. The van der Waals surface area contributed by atoms with Crippen LogP contribution in [0.3, 0.4) is 0 Å². The number of carbonyl (C=O) groups is 1. The minimum Gasteiger partial charge on any atom is -0.345 e. The number of Topliss-reactive ketones (excluding diaryl/α,β-unsaturated/α-hetero) is 1. The number of ketones is 1.